The largest absolute Gasteiger partial charge is 0.354 e. The van der Waals surface area contributed by atoms with Crippen LogP contribution in [0.15, 0.2) is 35.3 Å². The fourth-order valence-corrected chi connectivity index (χ4v) is 2.10. The zero-order valence-corrected chi connectivity index (χ0v) is 12.4. The average Bonchev–Trinajstić information content (AvgIpc) is 2.47. The summed E-state index contributed by atoms with van der Waals surface area (Å²) < 4.78 is 1.55. The molecule has 0 radical (unpaired) electrons. The van der Waals surface area contributed by atoms with E-state index in [1.54, 1.807) is 22.9 Å². The van der Waals surface area contributed by atoms with Gasteiger partial charge in [-0.15, -0.1) is 0 Å². The van der Waals surface area contributed by atoms with Crippen molar-refractivity contribution < 1.29 is 4.79 Å². The molecular weight excluding hydrogens is 268 g/mol. The first-order valence-corrected chi connectivity index (χ1v) is 6.94. The highest BCUT2D eigenvalue weighted by Crippen LogP contribution is 2.07. The second-order valence-corrected chi connectivity index (χ2v) is 5.19. The van der Waals surface area contributed by atoms with E-state index in [0.717, 1.165) is 13.0 Å². The van der Waals surface area contributed by atoms with Gasteiger partial charge in [-0.1, -0.05) is 12.1 Å². The number of nitrogens with one attached hydrogen (secondary N) is 1. The Morgan fingerprint density at radius 1 is 1.33 bits per heavy atom. The van der Waals surface area contributed by atoms with Gasteiger partial charge in [0.2, 0.25) is 11.3 Å². The lowest BCUT2D eigenvalue weighted by Gasteiger charge is -2.11. The van der Waals surface area contributed by atoms with Crippen LogP contribution in [-0.4, -0.2) is 47.8 Å². The minimum atomic E-state index is -0.131. The summed E-state index contributed by atoms with van der Waals surface area (Å²) in [7, 11) is 4.00. The van der Waals surface area contributed by atoms with E-state index in [9.17, 15) is 9.59 Å². The van der Waals surface area contributed by atoms with Crippen molar-refractivity contribution in [1.29, 1.82) is 0 Å². The molecule has 6 nitrogen and oxygen atoms in total. The van der Waals surface area contributed by atoms with Gasteiger partial charge in [0.25, 0.3) is 0 Å². The van der Waals surface area contributed by atoms with E-state index in [-0.39, 0.29) is 17.9 Å². The van der Waals surface area contributed by atoms with Gasteiger partial charge >= 0.3 is 0 Å². The third-order valence-electron chi connectivity index (χ3n) is 3.16. The van der Waals surface area contributed by atoms with Crippen LogP contribution in [0.1, 0.15) is 6.42 Å². The second kappa shape index (κ2) is 6.99. The summed E-state index contributed by atoms with van der Waals surface area (Å²) in [6.45, 7) is 1.68. The van der Waals surface area contributed by atoms with Crippen molar-refractivity contribution in [2.45, 2.75) is 13.0 Å². The van der Waals surface area contributed by atoms with Crippen molar-refractivity contribution in [3.63, 3.8) is 0 Å². The van der Waals surface area contributed by atoms with Gasteiger partial charge < -0.3 is 10.2 Å². The Labute approximate surface area is 123 Å². The van der Waals surface area contributed by atoms with Crippen LogP contribution < -0.4 is 10.7 Å². The van der Waals surface area contributed by atoms with Crippen LogP contribution in [0, 0.1) is 0 Å². The average molecular weight is 288 g/mol. The number of carbonyl (C=O) groups is 1. The van der Waals surface area contributed by atoms with Crippen molar-refractivity contribution in [2.75, 3.05) is 27.2 Å². The predicted octanol–water partition coefficient (Wildman–Crippen LogP) is 0.464. The van der Waals surface area contributed by atoms with E-state index in [1.165, 1.54) is 6.20 Å². The Balaban J connectivity index is 2.02. The van der Waals surface area contributed by atoms with E-state index in [4.69, 9.17) is 0 Å². The smallest absolute Gasteiger partial charge is 0.241 e. The molecule has 112 valence electrons. The molecule has 0 aliphatic rings. The van der Waals surface area contributed by atoms with Crippen LogP contribution in [0.4, 0.5) is 0 Å². The van der Waals surface area contributed by atoms with Crippen molar-refractivity contribution in [3.05, 3.63) is 40.7 Å². The van der Waals surface area contributed by atoms with Crippen molar-refractivity contribution in [3.8, 4) is 0 Å². The van der Waals surface area contributed by atoms with Crippen LogP contribution in [0.3, 0.4) is 0 Å². The van der Waals surface area contributed by atoms with Gasteiger partial charge in [-0.2, -0.15) is 5.10 Å². The van der Waals surface area contributed by atoms with Crippen LogP contribution in [0.25, 0.3) is 10.9 Å². The Morgan fingerprint density at radius 3 is 2.86 bits per heavy atom. The van der Waals surface area contributed by atoms with Crippen molar-refractivity contribution in [1.82, 2.24) is 20.0 Å². The molecule has 1 aromatic heterocycles. The molecule has 6 heteroatoms. The number of hydrogen-bond donors (Lipinski definition) is 1. The molecule has 1 heterocycles. The first-order chi connectivity index (χ1) is 10.1. The lowest BCUT2D eigenvalue weighted by atomic mass is 10.2. The molecule has 0 saturated carbocycles. The summed E-state index contributed by atoms with van der Waals surface area (Å²) in [6.07, 6.45) is 2.15. The molecule has 0 spiro atoms. The zero-order valence-electron chi connectivity index (χ0n) is 12.4. The number of carbonyl (C=O) groups excluding carboxylic acids is 1. The molecule has 1 aromatic carbocycles. The van der Waals surface area contributed by atoms with Crippen LogP contribution in [0.2, 0.25) is 0 Å². The van der Waals surface area contributed by atoms with Gasteiger partial charge in [-0.3, -0.25) is 14.3 Å². The molecule has 0 unspecified atom stereocenters. The topological polar surface area (TPSA) is 67.2 Å². The number of para-hydroxylation sites is 1. The lowest BCUT2D eigenvalue weighted by Crippen LogP contribution is -2.31. The summed E-state index contributed by atoms with van der Waals surface area (Å²) in [6, 6.07) is 7.16. The monoisotopic (exact) mass is 288 g/mol. The van der Waals surface area contributed by atoms with Crippen LogP contribution >= 0.6 is 0 Å². The fourth-order valence-electron chi connectivity index (χ4n) is 2.10. The standard InChI is InChI=1S/C15H20N4O2/c1-18(2)9-5-8-16-15(21)11-19-13-7-4-3-6-12(13)14(20)10-17-19/h3-4,6-7,10H,5,8-9,11H2,1-2H3,(H,16,21). The van der Waals surface area contributed by atoms with E-state index in [0.29, 0.717) is 17.4 Å². The second-order valence-electron chi connectivity index (χ2n) is 5.19. The molecule has 2 aromatic rings. The van der Waals surface area contributed by atoms with E-state index < -0.39 is 0 Å². The summed E-state index contributed by atoms with van der Waals surface area (Å²) in [4.78, 5) is 25.7. The number of amides is 1. The zero-order chi connectivity index (χ0) is 15.2. The maximum Gasteiger partial charge on any atom is 0.241 e. The first kappa shape index (κ1) is 15.2. The van der Waals surface area contributed by atoms with Gasteiger partial charge in [0.1, 0.15) is 6.54 Å². The Morgan fingerprint density at radius 2 is 2.10 bits per heavy atom. The van der Waals surface area contributed by atoms with Gasteiger partial charge in [0.05, 0.1) is 11.7 Å². The minimum Gasteiger partial charge on any atom is -0.354 e. The molecule has 1 amide bonds. The number of aromatic nitrogens is 2. The Kier molecular flexibility index (Phi) is 5.05. The molecule has 0 aliphatic heterocycles. The highest BCUT2D eigenvalue weighted by molar-refractivity contribution is 5.81. The number of fused-ring (bicyclic) bond motifs is 1. The molecule has 0 aliphatic carbocycles. The maximum absolute atomic E-state index is 11.9. The van der Waals surface area contributed by atoms with E-state index in [2.05, 4.69) is 15.3 Å². The summed E-state index contributed by atoms with van der Waals surface area (Å²) in [5, 5.41) is 7.48. The fraction of sp³-hybridized carbons (Fsp3) is 0.400. The van der Waals surface area contributed by atoms with E-state index >= 15 is 0 Å². The highest BCUT2D eigenvalue weighted by Gasteiger charge is 2.07. The molecule has 0 bridgehead atoms. The lowest BCUT2D eigenvalue weighted by molar-refractivity contribution is -0.121. The summed E-state index contributed by atoms with van der Waals surface area (Å²) in [5.41, 5.74) is 0.543. The highest BCUT2D eigenvalue weighted by atomic mass is 16.2. The van der Waals surface area contributed by atoms with Gasteiger partial charge in [0.15, 0.2) is 0 Å². The van der Waals surface area contributed by atoms with Gasteiger partial charge in [-0.25, -0.2) is 0 Å². The van der Waals surface area contributed by atoms with Crippen molar-refractivity contribution >= 4 is 16.8 Å². The molecule has 1 N–H and O–H groups in total. The quantitative estimate of drug-likeness (QED) is 0.784. The predicted molar refractivity (Wildman–Crippen MR) is 82.2 cm³/mol. The van der Waals surface area contributed by atoms with Crippen LogP contribution in [-0.2, 0) is 11.3 Å². The molecule has 0 fully saturated rings. The van der Waals surface area contributed by atoms with Crippen LogP contribution in [0.5, 0.6) is 0 Å². The summed E-state index contributed by atoms with van der Waals surface area (Å²) in [5.74, 6) is -0.102. The molecule has 21 heavy (non-hydrogen) atoms. The molecule has 2 rings (SSSR count). The Bertz CT molecular complexity index is 679. The Hall–Kier alpha value is -2.21. The molecule has 0 atom stereocenters. The first-order valence-electron chi connectivity index (χ1n) is 6.94. The molecule has 0 saturated heterocycles. The number of rotatable bonds is 6. The normalized spacial score (nSPS) is 11.0. The van der Waals surface area contributed by atoms with Gasteiger partial charge in [-0.05, 0) is 39.2 Å². The van der Waals surface area contributed by atoms with E-state index in [1.807, 2.05) is 20.2 Å². The number of hydrogen-bond acceptors (Lipinski definition) is 4. The number of benzene rings is 1. The minimum absolute atomic E-state index is 0.102. The third kappa shape index (κ3) is 4.13. The van der Waals surface area contributed by atoms with Gasteiger partial charge in [0, 0.05) is 11.9 Å². The third-order valence-corrected chi connectivity index (χ3v) is 3.16. The van der Waals surface area contributed by atoms with Crippen molar-refractivity contribution in [2.24, 2.45) is 0 Å². The summed E-state index contributed by atoms with van der Waals surface area (Å²) >= 11 is 0. The number of nitrogens with zero attached hydrogens (tertiary/aromatic N) is 3. The SMILES string of the molecule is CN(C)CCCNC(=O)Cn1ncc(=O)c2ccccc21. The maximum atomic E-state index is 11.9. The molecular formula is C15H20N4O2.